The maximum Gasteiger partial charge on any atom is 0.267 e. The molecule has 0 radical (unpaired) electrons. The first-order valence-electron chi connectivity index (χ1n) is 6.85. The average molecular weight is 314 g/mol. The van der Waals surface area contributed by atoms with Crippen LogP contribution in [0.4, 0.5) is 10.9 Å². The van der Waals surface area contributed by atoms with E-state index in [1.807, 2.05) is 0 Å². The van der Waals surface area contributed by atoms with Gasteiger partial charge in [-0.25, -0.2) is 4.98 Å². The van der Waals surface area contributed by atoms with Gasteiger partial charge in [0.15, 0.2) is 5.13 Å². The van der Waals surface area contributed by atoms with Crippen molar-refractivity contribution in [3.63, 3.8) is 0 Å². The molecule has 7 nitrogen and oxygen atoms in total. The molecule has 8 heteroatoms. The van der Waals surface area contributed by atoms with E-state index in [0.29, 0.717) is 18.1 Å². The number of anilines is 2. The van der Waals surface area contributed by atoms with Crippen LogP contribution in [0.1, 0.15) is 23.5 Å². The number of rotatable bonds is 4. The van der Waals surface area contributed by atoms with E-state index in [-0.39, 0.29) is 18.3 Å². The second kappa shape index (κ2) is 6.17. The van der Waals surface area contributed by atoms with E-state index in [2.05, 4.69) is 9.88 Å². The van der Waals surface area contributed by atoms with E-state index in [1.54, 1.807) is 20.9 Å². The Balaban J connectivity index is 2.12. The van der Waals surface area contributed by atoms with Crippen LogP contribution in [0.3, 0.4) is 0 Å². The topological polar surface area (TPSA) is 91.9 Å². The van der Waals surface area contributed by atoms with Gasteiger partial charge >= 0.3 is 0 Å². The zero-order valence-corrected chi connectivity index (χ0v) is 13.4. The standard InChI is InChI=1S/C13H22N4O3S/c1-13(2,19)8-16(3)11(18)9-10(14)15-12(21-9)17-4-6-20-7-5-17/h19H,4-8,14H2,1-3H3. The normalized spacial score (nSPS) is 16.1. The highest BCUT2D eigenvalue weighted by Gasteiger charge is 2.26. The number of aromatic nitrogens is 1. The maximum absolute atomic E-state index is 12.4. The largest absolute Gasteiger partial charge is 0.389 e. The van der Waals surface area contributed by atoms with Gasteiger partial charge < -0.3 is 25.4 Å². The van der Waals surface area contributed by atoms with Crippen LogP contribution in [-0.2, 0) is 4.74 Å². The number of ether oxygens (including phenoxy) is 1. The fourth-order valence-electron chi connectivity index (χ4n) is 2.19. The van der Waals surface area contributed by atoms with E-state index >= 15 is 0 Å². The van der Waals surface area contributed by atoms with E-state index in [4.69, 9.17) is 10.5 Å². The molecule has 1 aliphatic rings. The molecular weight excluding hydrogens is 292 g/mol. The summed E-state index contributed by atoms with van der Waals surface area (Å²) in [7, 11) is 1.65. The number of likely N-dealkylation sites (N-methyl/N-ethyl adjacent to an activating group) is 1. The quantitative estimate of drug-likeness (QED) is 0.836. The van der Waals surface area contributed by atoms with Crippen LogP contribution in [0.25, 0.3) is 0 Å². The molecule has 1 saturated heterocycles. The molecule has 1 fully saturated rings. The highest BCUT2D eigenvalue weighted by molar-refractivity contribution is 7.18. The number of carbonyl (C=O) groups excluding carboxylic acids is 1. The van der Waals surface area contributed by atoms with E-state index in [0.717, 1.165) is 18.2 Å². The Kier molecular flexibility index (Phi) is 4.70. The van der Waals surface area contributed by atoms with Gasteiger partial charge in [-0.2, -0.15) is 0 Å². The van der Waals surface area contributed by atoms with Gasteiger partial charge in [0.05, 0.1) is 18.8 Å². The zero-order valence-electron chi connectivity index (χ0n) is 12.6. The van der Waals surface area contributed by atoms with Crippen molar-refractivity contribution >= 4 is 28.2 Å². The van der Waals surface area contributed by atoms with Crippen LogP contribution in [-0.4, -0.2) is 66.4 Å². The molecule has 0 aromatic carbocycles. The molecule has 118 valence electrons. The van der Waals surface area contributed by atoms with Gasteiger partial charge in [-0.15, -0.1) is 0 Å². The molecule has 2 heterocycles. The molecule has 2 rings (SSSR count). The summed E-state index contributed by atoms with van der Waals surface area (Å²) >= 11 is 1.29. The van der Waals surface area contributed by atoms with Crippen molar-refractivity contribution in [3.8, 4) is 0 Å². The lowest BCUT2D eigenvalue weighted by Gasteiger charge is -2.26. The number of nitrogens with two attached hydrogens (primary N) is 1. The summed E-state index contributed by atoms with van der Waals surface area (Å²) in [5, 5.41) is 10.5. The first-order valence-corrected chi connectivity index (χ1v) is 7.66. The molecule has 3 N–H and O–H groups in total. The first-order chi connectivity index (χ1) is 9.78. The lowest BCUT2D eigenvalue weighted by Crippen LogP contribution is -2.39. The van der Waals surface area contributed by atoms with E-state index in [1.165, 1.54) is 16.2 Å². The van der Waals surface area contributed by atoms with Gasteiger partial charge in [-0.1, -0.05) is 11.3 Å². The van der Waals surface area contributed by atoms with Crippen molar-refractivity contribution in [3.05, 3.63) is 4.88 Å². The number of nitrogens with zero attached hydrogens (tertiary/aromatic N) is 3. The van der Waals surface area contributed by atoms with Crippen molar-refractivity contribution in [1.29, 1.82) is 0 Å². The van der Waals surface area contributed by atoms with Crippen molar-refractivity contribution in [2.75, 3.05) is 50.5 Å². The van der Waals surface area contributed by atoms with Crippen LogP contribution in [0.5, 0.6) is 0 Å². The van der Waals surface area contributed by atoms with Gasteiger partial charge in [-0.3, -0.25) is 4.79 Å². The van der Waals surface area contributed by atoms with Crippen molar-refractivity contribution in [2.24, 2.45) is 0 Å². The molecular formula is C13H22N4O3S. The van der Waals surface area contributed by atoms with Crippen LogP contribution < -0.4 is 10.6 Å². The fraction of sp³-hybridized carbons (Fsp3) is 0.692. The number of hydrogen-bond acceptors (Lipinski definition) is 7. The SMILES string of the molecule is CN(CC(C)(C)O)C(=O)c1sc(N2CCOCC2)nc1N. The van der Waals surface area contributed by atoms with Crippen LogP contribution in [0.15, 0.2) is 0 Å². The predicted molar refractivity (Wildman–Crippen MR) is 82.8 cm³/mol. The number of aliphatic hydroxyl groups is 1. The molecule has 0 spiro atoms. The Labute approximate surface area is 128 Å². The third kappa shape index (κ3) is 4.05. The Morgan fingerprint density at radius 1 is 1.52 bits per heavy atom. The Bertz CT molecular complexity index is 506. The van der Waals surface area contributed by atoms with Gasteiger partial charge in [0, 0.05) is 26.7 Å². The Morgan fingerprint density at radius 2 is 2.14 bits per heavy atom. The Hall–Kier alpha value is -1.38. The monoisotopic (exact) mass is 314 g/mol. The highest BCUT2D eigenvalue weighted by atomic mass is 32.1. The van der Waals surface area contributed by atoms with E-state index in [9.17, 15) is 9.90 Å². The van der Waals surface area contributed by atoms with Crippen molar-refractivity contribution < 1.29 is 14.6 Å². The fourth-order valence-corrected chi connectivity index (χ4v) is 3.22. The van der Waals surface area contributed by atoms with Gasteiger partial charge in [-0.05, 0) is 13.8 Å². The first kappa shape index (κ1) is 16.0. The second-order valence-electron chi connectivity index (χ2n) is 5.78. The van der Waals surface area contributed by atoms with Gasteiger partial charge in [0.25, 0.3) is 5.91 Å². The summed E-state index contributed by atoms with van der Waals surface area (Å²) in [5.74, 6) is 0.0284. The second-order valence-corrected chi connectivity index (χ2v) is 6.76. The molecule has 0 unspecified atom stereocenters. The molecule has 1 aromatic rings. The van der Waals surface area contributed by atoms with Crippen LogP contribution in [0.2, 0.25) is 0 Å². The van der Waals surface area contributed by atoms with Crippen LogP contribution in [0, 0.1) is 0 Å². The van der Waals surface area contributed by atoms with Crippen molar-refractivity contribution in [2.45, 2.75) is 19.4 Å². The zero-order chi connectivity index (χ0) is 15.6. The summed E-state index contributed by atoms with van der Waals surface area (Å²) in [5.41, 5.74) is 4.93. The predicted octanol–water partition coefficient (Wildman–Crippen LogP) is 0.405. The van der Waals surface area contributed by atoms with Gasteiger partial charge in [0.1, 0.15) is 10.7 Å². The number of amides is 1. The minimum absolute atomic E-state index is 0.216. The van der Waals surface area contributed by atoms with Crippen molar-refractivity contribution in [1.82, 2.24) is 9.88 Å². The third-order valence-electron chi connectivity index (χ3n) is 3.09. The number of nitrogen functional groups attached to an aromatic ring is 1. The summed E-state index contributed by atoms with van der Waals surface area (Å²) in [6.07, 6.45) is 0. The average Bonchev–Trinajstić information content (AvgIpc) is 2.79. The lowest BCUT2D eigenvalue weighted by molar-refractivity contribution is 0.0371. The summed E-state index contributed by atoms with van der Waals surface area (Å²) in [6, 6.07) is 0. The molecule has 1 aliphatic heterocycles. The molecule has 0 bridgehead atoms. The van der Waals surface area contributed by atoms with E-state index < -0.39 is 5.60 Å². The number of carbonyl (C=O) groups is 1. The summed E-state index contributed by atoms with van der Waals surface area (Å²) in [6.45, 7) is 6.36. The number of morpholine rings is 1. The lowest BCUT2D eigenvalue weighted by atomic mass is 10.1. The summed E-state index contributed by atoms with van der Waals surface area (Å²) < 4.78 is 5.30. The molecule has 1 aromatic heterocycles. The Morgan fingerprint density at radius 3 is 2.71 bits per heavy atom. The molecule has 0 atom stereocenters. The summed E-state index contributed by atoms with van der Waals surface area (Å²) in [4.78, 5) is 20.6. The molecule has 1 amide bonds. The maximum atomic E-state index is 12.4. The molecule has 0 aliphatic carbocycles. The third-order valence-corrected chi connectivity index (χ3v) is 4.21. The number of hydrogen-bond donors (Lipinski definition) is 2. The van der Waals surface area contributed by atoms with Gasteiger partial charge in [0.2, 0.25) is 0 Å². The smallest absolute Gasteiger partial charge is 0.267 e. The van der Waals surface area contributed by atoms with Crippen LogP contribution >= 0.6 is 11.3 Å². The highest BCUT2D eigenvalue weighted by Crippen LogP contribution is 2.29. The number of thiazole rings is 1. The molecule has 21 heavy (non-hydrogen) atoms. The minimum atomic E-state index is -0.948. The molecule has 0 saturated carbocycles. The minimum Gasteiger partial charge on any atom is -0.389 e.